The average Bonchev–Trinajstić information content (AvgIpc) is 2.91. The Morgan fingerprint density at radius 1 is 0.926 bits per heavy atom. The van der Waals surface area contributed by atoms with Crippen LogP contribution in [0.2, 0.25) is 0 Å². The number of allylic oxidation sites excluding steroid dienone is 2. The molecule has 1 amide bonds. The van der Waals surface area contributed by atoms with Gasteiger partial charge in [-0.1, -0.05) is 53.6 Å². The molecule has 4 nitrogen and oxygen atoms in total. The number of anilines is 1. The second-order valence-electron chi connectivity index (χ2n) is 7.41. The molecule has 1 spiro atoms. The summed E-state index contributed by atoms with van der Waals surface area (Å²) in [5.74, 6) is -0.689. The molecule has 1 aliphatic carbocycles. The Kier molecular flexibility index (Phi) is 4.06. The van der Waals surface area contributed by atoms with Gasteiger partial charge in [0, 0.05) is 5.92 Å². The van der Waals surface area contributed by atoms with Crippen LogP contribution in [0.4, 0.5) is 5.69 Å². The van der Waals surface area contributed by atoms with E-state index in [0.717, 1.165) is 16.7 Å². The minimum absolute atomic E-state index is 0.180. The molecule has 0 fully saturated rings. The maximum atomic E-state index is 13.6. The number of amides is 1. The van der Waals surface area contributed by atoms with Gasteiger partial charge in [0.1, 0.15) is 0 Å². The smallest absolute Gasteiger partial charge is 0.267 e. The molecule has 2 aromatic carbocycles. The molecule has 1 heterocycles. The number of benzene rings is 2. The summed E-state index contributed by atoms with van der Waals surface area (Å²) in [5.41, 5.74) is 3.24. The van der Waals surface area contributed by atoms with E-state index in [4.69, 9.17) is 0 Å². The molecule has 27 heavy (non-hydrogen) atoms. The highest BCUT2D eigenvalue weighted by Crippen LogP contribution is 2.49. The minimum atomic E-state index is -1.26. The van der Waals surface area contributed by atoms with Gasteiger partial charge in [0.2, 0.25) is 0 Å². The highest BCUT2D eigenvalue weighted by molar-refractivity contribution is 6.34. The fraction of sp³-hybridized carbons (Fsp3) is 0.261. The predicted molar refractivity (Wildman–Crippen MR) is 107 cm³/mol. The molecule has 136 valence electrons. The first-order valence-electron chi connectivity index (χ1n) is 9.19. The molecule has 0 aromatic heterocycles. The summed E-state index contributed by atoms with van der Waals surface area (Å²) in [6.45, 7) is 5.82. The van der Waals surface area contributed by atoms with Gasteiger partial charge in [0.05, 0.1) is 11.4 Å². The lowest BCUT2D eigenvalue weighted by Gasteiger charge is -2.36. The van der Waals surface area contributed by atoms with Crippen molar-refractivity contribution in [2.45, 2.75) is 33.1 Å². The van der Waals surface area contributed by atoms with Crippen LogP contribution >= 0.6 is 0 Å². The highest BCUT2D eigenvalue weighted by Gasteiger charge is 2.60. The van der Waals surface area contributed by atoms with Crippen LogP contribution in [0.15, 0.2) is 65.8 Å². The number of hydrazone groups is 1. The molecule has 0 bridgehead atoms. The van der Waals surface area contributed by atoms with Crippen LogP contribution in [0.5, 0.6) is 0 Å². The Balaban J connectivity index is 1.83. The maximum absolute atomic E-state index is 13.6. The van der Waals surface area contributed by atoms with Crippen molar-refractivity contribution in [2.24, 2.45) is 10.5 Å². The number of ketones is 1. The molecule has 0 radical (unpaired) electrons. The first-order chi connectivity index (χ1) is 12.9. The molecule has 2 aliphatic rings. The number of aryl methyl sites for hydroxylation is 2. The zero-order chi connectivity index (χ0) is 19.2. The van der Waals surface area contributed by atoms with Crippen LogP contribution in [-0.2, 0) is 9.59 Å². The standard InChI is InChI=1S/C23H22N2O2/c1-15-7-11-18(12-8-15)20-5-4-6-21(26)23(20)17(3)24-25(22(23)27)19-13-9-16(2)10-14-19/h4,6-14,20H,5H2,1-3H3/t20-,23-/m1/s1. The number of carbonyl (C=O) groups is 2. The molecule has 0 N–H and O–H groups in total. The number of hydrogen-bond acceptors (Lipinski definition) is 3. The van der Waals surface area contributed by atoms with Crippen LogP contribution in [0.25, 0.3) is 0 Å². The van der Waals surface area contributed by atoms with E-state index < -0.39 is 5.41 Å². The summed E-state index contributed by atoms with van der Waals surface area (Å²) in [4.78, 5) is 26.7. The monoisotopic (exact) mass is 358 g/mol. The fourth-order valence-electron chi connectivity index (χ4n) is 4.12. The number of rotatable bonds is 2. The quantitative estimate of drug-likeness (QED) is 0.751. The van der Waals surface area contributed by atoms with E-state index in [1.165, 1.54) is 5.01 Å². The lowest BCUT2D eigenvalue weighted by molar-refractivity contribution is -0.134. The van der Waals surface area contributed by atoms with Gasteiger partial charge < -0.3 is 0 Å². The summed E-state index contributed by atoms with van der Waals surface area (Å²) in [6, 6.07) is 15.7. The van der Waals surface area contributed by atoms with E-state index in [1.54, 1.807) is 13.0 Å². The predicted octanol–water partition coefficient (Wildman–Crippen LogP) is 4.33. The Morgan fingerprint density at radius 2 is 1.52 bits per heavy atom. The molecule has 2 aromatic rings. The summed E-state index contributed by atoms with van der Waals surface area (Å²) >= 11 is 0. The zero-order valence-electron chi connectivity index (χ0n) is 15.8. The third kappa shape index (κ3) is 2.55. The number of carbonyl (C=O) groups excluding carboxylic acids is 2. The fourth-order valence-corrected chi connectivity index (χ4v) is 4.12. The lowest BCUT2D eigenvalue weighted by atomic mass is 9.62. The van der Waals surface area contributed by atoms with Crippen molar-refractivity contribution in [1.29, 1.82) is 0 Å². The van der Waals surface area contributed by atoms with Crippen LogP contribution in [0.3, 0.4) is 0 Å². The Morgan fingerprint density at radius 3 is 2.15 bits per heavy atom. The van der Waals surface area contributed by atoms with Crippen molar-refractivity contribution in [1.82, 2.24) is 0 Å². The topological polar surface area (TPSA) is 49.7 Å². The first kappa shape index (κ1) is 17.4. The number of hydrogen-bond donors (Lipinski definition) is 0. The molecule has 4 rings (SSSR count). The van der Waals surface area contributed by atoms with Crippen LogP contribution in [0, 0.1) is 19.3 Å². The van der Waals surface area contributed by atoms with Crippen molar-refractivity contribution >= 4 is 23.1 Å². The first-order valence-corrected chi connectivity index (χ1v) is 9.19. The third-order valence-electron chi connectivity index (χ3n) is 5.66. The summed E-state index contributed by atoms with van der Waals surface area (Å²) in [5, 5.41) is 5.93. The Labute approximate surface area is 159 Å². The Hall–Kier alpha value is -3.01. The second-order valence-corrected chi connectivity index (χ2v) is 7.41. The van der Waals surface area contributed by atoms with E-state index in [2.05, 4.69) is 5.10 Å². The molecular weight excluding hydrogens is 336 g/mol. The average molecular weight is 358 g/mol. The Bertz CT molecular complexity index is 970. The minimum Gasteiger partial charge on any atom is -0.293 e. The van der Waals surface area contributed by atoms with Gasteiger partial charge in [-0.05, 0) is 51.0 Å². The molecule has 0 saturated carbocycles. The molecule has 0 unspecified atom stereocenters. The van der Waals surface area contributed by atoms with Crippen LogP contribution < -0.4 is 5.01 Å². The lowest BCUT2D eigenvalue weighted by Crippen LogP contribution is -2.50. The van der Waals surface area contributed by atoms with Crippen molar-refractivity contribution in [3.63, 3.8) is 0 Å². The SMILES string of the molecule is CC1=NN(c2ccc(C)cc2)C(=O)[C@]12C(=O)C=CC[C@@H]2c1ccc(C)cc1. The molecular formula is C23H22N2O2. The van der Waals surface area contributed by atoms with Gasteiger partial charge in [-0.3, -0.25) is 9.59 Å². The normalized spacial score (nSPS) is 24.6. The van der Waals surface area contributed by atoms with Gasteiger partial charge in [-0.2, -0.15) is 10.1 Å². The summed E-state index contributed by atoms with van der Waals surface area (Å²) < 4.78 is 0. The van der Waals surface area contributed by atoms with E-state index in [0.29, 0.717) is 17.8 Å². The van der Waals surface area contributed by atoms with Crippen molar-refractivity contribution in [3.8, 4) is 0 Å². The molecule has 4 heteroatoms. The zero-order valence-corrected chi connectivity index (χ0v) is 15.8. The van der Waals surface area contributed by atoms with Crippen LogP contribution in [-0.4, -0.2) is 17.4 Å². The molecule has 1 aliphatic heterocycles. The van der Waals surface area contributed by atoms with E-state index in [9.17, 15) is 9.59 Å². The number of nitrogens with zero attached hydrogens (tertiary/aromatic N) is 2. The summed E-state index contributed by atoms with van der Waals surface area (Å²) in [6.07, 6.45) is 4.04. The van der Waals surface area contributed by atoms with Crippen molar-refractivity contribution < 1.29 is 9.59 Å². The largest absolute Gasteiger partial charge is 0.293 e. The van der Waals surface area contributed by atoms with Crippen molar-refractivity contribution in [2.75, 3.05) is 5.01 Å². The maximum Gasteiger partial charge on any atom is 0.267 e. The highest BCUT2D eigenvalue weighted by atomic mass is 16.2. The molecule has 0 saturated heterocycles. The van der Waals surface area contributed by atoms with Gasteiger partial charge in [-0.25, -0.2) is 0 Å². The second kappa shape index (κ2) is 6.31. The van der Waals surface area contributed by atoms with E-state index in [1.807, 2.05) is 68.5 Å². The van der Waals surface area contributed by atoms with Crippen molar-refractivity contribution in [3.05, 3.63) is 77.4 Å². The van der Waals surface area contributed by atoms with Gasteiger partial charge in [0.25, 0.3) is 5.91 Å². The van der Waals surface area contributed by atoms with E-state index in [-0.39, 0.29) is 17.6 Å². The van der Waals surface area contributed by atoms with E-state index >= 15 is 0 Å². The van der Waals surface area contributed by atoms with Crippen LogP contribution in [0.1, 0.15) is 36.0 Å². The molecule has 2 atom stereocenters. The van der Waals surface area contributed by atoms with Gasteiger partial charge in [-0.15, -0.1) is 0 Å². The van der Waals surface area contributed by atoms with Gasteiger partial charge >= 0.3 is 0 Å². The third-order valence-corrected chi connectivity index (χ3v) is 5.66. The van der Waals surface area contributed by atoms with Gasteiger partial charge in [0.15, 0.2) is 11.2 Å². The summed E-state index contributed by atoms with van der Waals surface area (Å²) in [7, 11) is 0.